The second-order valence-electron chi connectivity index (χ2n) is 7.84. The van der Waals surface area contributed by atoms with Gasteiger partial charge in [-0.15, -0.1) is 0 Å². The summed E-state index contributed by atoms with van der Waals surface area (Å²) in [4.78, 5) is 2.71. The number of hydrogen-bond acceptors (Lipinski definition) is 3. The van der Waals surface area contributed by atoms with E-state index in [0.717, 1.165) is 24.7 Å². The van der Waals surface area contributed by atoms with Gasteiger partial charge in [0.1, 0.15) is 0 Å². The molecule has 1 atom stereocenters. The first-order chi connectivity index (χ1) is 10.1. The molecular formula is C18H36N2O. The first-order valence-corrected chi connectivity index (χ1v) is 9.18. The summed E-state index contributed by atoms with van der Waals surface area (Å²) in [5.74, 6) is 1.98. The molecule has 0 spiro atoms. The van der Waals surface area contributed by atoms with E-state index in [1.165, 1.54) is 51.7 Å². The van der Waals surface area contributed by atoms with E-state index in [4.69, 9.17) is 0 Å². The van der Waals surface area contributed by atoms with E-state index in [-0.39, 0.29) is 12.1 Å². The number of aliphatic hydroxyl groups is 1. The van der Waals surface area contributed by atoms with Gasteiger partial charge in [0, 0.05) is 24.7 Å². The van der Waals surface area contributed by atoms with E-state index in [9.17, 15) is 5.11 Å². The summed E-state index contributed by atoms with van der Waals surface area (Å²) in [5, 5.41) is 13.4. The van der Waals surface area contributed by atoms with Crippen LogP contribution < -0.4 is 5.32 Å². The molecule has 3 heteroatoms. The molecule has 2 saturated carbocycles. The van der Waals surface area contributed by atoms with Crippen LogP contribution in [0.3, 0.4) is 0 Å². The van der Waals surface area contributed by atoms with Crippen molar-refractivity contribution >= 4 is 0 Å². The molecule has 0 aliphatic heterocycles. The van der Waals surface area contributed by atoms with Crippen molar-refractivity contribution < 1.29 is 5.11 Å². The zero-order chi connectivity index (χ0) is 15.3. The summed E-state index contributed by atoms with van der Waals surface area (Å²) in [6.45, 7) is 10.7. The largest absolute Gasteiger partial charge is 0.394 e. The molecule has 2 aliphatic rings. The lowest BCUT2D eigenvalue weighted by Crippen LogP contribution is -2.51. The molecule has 0 heterocycles. The van der Waals surface area contributed by atoms with Crippen molar-refractivity contribution in [3.8, 4) is 0 Å². The van der Waals surface area contributed by atoms with Crippen molar-refractivity contribution in [2.45, 2.75) is 77.3 Å². The molecule has 0 radical (unpaired) electrons. The highest BCUT2D eigenvalue weighted by Gasteiger charge is 2.30. The molecule has 2 rings (SSSR count). The predicted octanol–water partition coefficient (Wildman–Crippen LogP) is 3.03. The molecule has 0 aromatic carbocycles. The Morgan fingerprint density at radius 1 is 1.14 bits per heavy atom. The summed E-state index contributed by atoms with van der Waals surface area (Å²) < 4.78 is 0. The SMILES string of the molecule is CCC(CO)(CCCN(CC1CC1)CC1CC1)NC(C)C. The van der Waals surface area contributed by atoms with Crippen LogP contribution in [0, 0.1) is 11.8 Å². The average Bonchev–Trinajstić information content (AvgIpc) is 3.33. The van der Waals surface area contributed by atoms with Gasteiger partial charge in [0.2, 0.25) is 0 Å². The first-order valence-electron chi connectivity index (χ1n) is 9.18. The monoisotopic (exact) mass is 296 g/mol. The third-order valence-electron chi connectivity index (χ3n) is 5.13. The van der Waals surface area contributed by atoms with Crippen molar-refractivity contribution in [1.29, 1.82) is 0 Å². The van der Waals surface area contributed by atoms with E-state index in [1.807, 2.05) is 0 Å². The Morgan fingerprint density at radius 2 is 1.71 bits per heavy atom. The van der Waals surface area contributed by atoms with Crippen LogP contribution in [0.15, 0.2) is 0 Å². The smallest absolute Gasteiger partial charge is 0.0613 e. The van der Waals surface area contributed by atoms with Crippen molar-refractivity contribution in [3.63, 3.8) is 0 Å². The number of nitrogens with one attached hydrogen (secondary N) is 1. The van der Waals surface area contributed by atoms with Crippen molar-refractivity contribution in [1.82, 2.24) is 10.2 Å². The van der Waals surface area contributed by atoms with E-state index in [1.54, 1.807) is 0 Å². The molecule has 124 valence electrons. The van der Waals surface area contributed by atoms with Gasteiger partial charge in [-0.2, -0.15) is 0 Å². The van der Waals surface area contributed by atoms with Crippen molar-refractivity contribution in [3.05, 3.63) is 0 Å². The zero-order valence-corrected chi connectivity index (χ0v) is 14.4. The van der Waals surface area contributed by atoms with Crippen LogP contribution in [-0.4, -0.2) is 47.8 Å². The summed E-state index contributed by atoms with van der Waals surface area (Å²) >= 11 is 0. The van der Waals surface area contributed by atoms with E-state index in [0.29, 0.717) is 6.04 Å². The molecule has 0 bridgehead atoms. The molecule has 0 aromatic rings. The Hall–Kier alpha value is -0.120. The van der Waals surface area contributed by atoms with Crippen molar-refractivity contribution in [2.24, 2.45) is 11.8 Å². The van der Waals surface area contributed by atoms with Gasteiger partial charge in [-0.3, -0.25) is 0 Å². The standard InChI is InChI=1S/C18H36N2O/c1-4-18(14-21,19-15(2)3)10-5-11-20(12-16-6-7-16)13-17-8-9-17/h15-17,19,21H,4-14H2,1-3H3. The van der Waals surface area contributed by atoms with Crippen LogP contribution in [0.5, 0.6) is 0 Å². The lowest BCUT2D eigenvalue weighted by atomic mass is 9.90. The van der Waals surface area contributed by atoms with Crippen molar-refractivity contribution in [2.75, 3.05) is 26.2 Å². The van der Waals surface area contributed by atoms with Gasteiger partial charge >= 0.3 is 0 Å². The lowest BCUT2D eigenvalue weighted by molar-refractivity contribution is 0.129. The molecule has 0 saturated heterocycles. The van der Waals surface area contributed by atoms with Gasteiger partial charge < -0.3 is 15.3 Å². The molecule has 3 nitrogen and oxygen atoms in total. The van der Waals surface area contributed by atoms with Gasteiger partial charge in [-0.1, -0.05) is 20.8 Å². The Bertz CT molecular complexity index is 280. The number of hydrogen-bond donors (Lipinski definition) is 2. The minimum absolute atomic E-state index is 0.0704. The van der Waals surface area contributed by atoms with Gasteiger partial charge in [0.25, 0.3) is 0 Å². The Kier molecular flexibility index (Phi) is 6.51. The predicted molar refractivity (Wildman–Crippen MR) is 89.5 cm³/mol. The van der Waals surface area contributed by atoms with Gasteiger partial charge in [0.05, 0.1) is 6.61 Å². The number of aliphatic hydroxyl groups excluding tert-OH is 1. The maximum Gasteiger partial charge on any atom is 0.0613 e. The highest BCUT2D eigenvalue weighted by atomic mass is 16.3. The summed E-state index contributed by atoms with van der Waals surface area (Å²) in [7, 11) is 0. The normalized spacial score (nSPS) is 22.0. The second-order valence-corrected chi connectivity index (χ2v) is 7.84. The van der Waals surface area contributed by atoms with Crippen LogP contribution >= 0.6 is 0 Å². The minimum Gasteiger partial charge on any atom is -0.394 e. The summed E-state index contributed by atoms with van der Waals surface area (Å²) in [5.41, 5.74) is -0.0704. The lowest BCUT2D eigenvalue weighted by Gasteiger charge is -2.35. The molecule has 2 N–H and O–H groups in total. The Morgan fingerprint density at radius 3 is 2.10 bits per heavy atom. The quantitative estimate of drug-likeness (QED) is 0.581. The van der Waals surface area contributed by atoms with Gasteiger partial charge in [-0.05, 0) is 63.3 Å². The van der Waals surface area contributed by atoms with Gasteiger partial charge in [-0.25, -0.2) is 0 Å². The molecule has 0 amide bonds. The average molecular weight is 296 g/mol. The Labute approximate surface area is 131 Å². The zero-order valence-electron chi connectivity index (χ0n) is 14.4. The van der Waals surface area contributed by atoms with Crippen LogP contribution in [0.2, 0.25) is 0 Å². The number of rotatable bonds is 12. The minimum atomic E-state index is -0.0704. The number of nitrogens with zero attached hydrogens (tertiary/aromatic N) is 1. The fourth-order valence-electron chi connectivity index (χ4n) is 3.43. The van der Waals surface area contributed by atoms with E-state index in [2.05, 4.69) is 31.0 Å². The molecule has 21 heavy (non-hydrogen) atoms. The van der Waals surface area contributed by atoms with Gasteiger partial charge in [0.15, 0.2) is 0 Å². The second kappa shape index (κ2) is 7.94. The third kappa shape index (κ3) is 6.25. The highest BCUT2D eigenvalue weighted by molar-refractivity contribution is 4.88. The van der Waals surface area contributed by atoms with Crippen LogP contribution in [0.4, 0.5) is 0 Å². The molecular weight excluding hydrogens is 260 g/mol. The Balaban J connectivity index is 1.74. The summed E-state index contributed by atoms with van der Waals surface area (Å²) in [6.07, 6.45) is 9.10. The highest BCUT2D eigenvalue weighted by Crippen LogP contribution is 2.34. The fourth-order valence-corrected chi connectivity index (χ4v) is 3.43. The van der Waals surface area contributed by atoms with E-state index >= 15 is 0 Å². The topological polar surface area (TPSA) is 35.5 Å². The molecule has 0 aromatic heterocycles. The fraction of sp³-hybridized carbons (Fsp3) is 1.00. The maximum absolute atomic E-state index is 9.83. The third-order valence-corrected chi connectivity index (χ3v) is 5.13. The van der Waals surface area contributed by atoms with Crippen LogP contribution in [0.25, 0.3) is 0 Å². The van der Waals surface area contributed by atoms with Crippen LogP contribution in [-0.2, 0) is 0 Å². The first kappa shape index (κ1) is 17.2. The van der Waals surface area contributed by atoms with Crippen LogP contribution in [0.1, 0.15) is 65.7 Å². The summed E-state index contributed by atoms with van der Waals surface area (Å²) in [6, 6.07) is 0.436. The molecule has 1 unspecified atom stereocenters. The molecule has 2 aliphatic carbocycles. The molecule has 2 fully saturated rings. The maximum atomic E-state index is 9.83. The van der Waals surface area contributed by atoms with E-state index < -0.39 is 0 Å².